The van der Waals surface area contributed by atoms with E-state index in [-0.39, 0.29) is 23.3 Å². The van der Waals surface area contributed by atoms with Crippen LogP contribution in [-0.2, 0) is 4.74 Å². The van der Waals surface area contributed by atoms with E-state index in [4.69, 9.17) is 9.47 Å². The number of halogens is 1. The van der Waals surface area contributed by atoms with Crippen LogP contribution in [0.3, 0.4) is 0 Å². The lowest BCUT2D eigenvalue weighted by Crippen LogP contribution is -2.31. The minimum Gasteiger partial charge on any atom is -0.496 e. The summed E-state index contributed by atoms with van der Waals surface area (Å²) in [7, 11) is 1.41. The summed E-state index contributed by atoms with van der Waals surface area (Å²) in [6.45, 7) is 1.02. The molecule has 23 heavy (non-hydrogen) atoms. The fourth-order valence-electron chi connectivity index (χ4n) is 2.83. The van der Waals surface area contributed by atoms with Crippen LogP contribution >= 0.6 is 0 Å². The van der Waals surface area contributed by atoms with Gasteiger partial charge in [-0.15, -0.1) is 0 Å². The molecule has 1 saturated heterocycles. The molecule has 0 radical (unpaired) electrons. The molecule has 2 aromatic rings. The molecule has 0 unspecified atom stereocenters. The molecule has 7 heteroatoms. The molecule has 0 bridgehead atoms. The number of aromatic nitrogens is 2. The molecular weight excluding hydrogens is 301 g/mol. The predicted molar refractivity (Wildman–Crippen MR) is 80.7 cm³/mol. The first kappa shape index (κ1) is 15.5. The SMILES string of the molecule is COc1cccc(F)c1C(=O)NC[C@H]1CCO[C@@H]1c1cn[nH]c1. The molecular formula is C16H18FN3O3. The maximum atomic E-state index is 13.9. The lowest BCUT2D eigenvalue weighted by Gasteiger charge is -2.18. The number of carbonyl (C=O) groups is 1. The number of benzene rings is 1. The van der Waals surface area contributed by atoms with E-state index in [1.54, 1.807) is 18.5 Å². The van der Waals surface area contributed by atoms with E-state index in [2.05, 4.69) is 15.5 Å². The number of hydrogen-bond acceptors (Lipinski definition) is 4. The van der Waals surface area contributed by atoms with Crippen molar-refractivity contribution in [3.8, 4) is 5.75 Å². The minimum absolute atomic E-state index is 0.0752. The van der Waals surface area contributed by atoms with Gasteiger partial charge in [-0.3, -0.25) is 9.89 Å². The topological polar surface area (TPSA) is 76.2 Å². The van der Waals surface area contributed by atoms with Gasteiger partial charge in [-0.25, -0.2) is 4.39 Å². The van der Waals surface area contributed by atoms with E-state index < -0.39 is 11.7 Å². The summed E-state index contributed by atoms with van der Waals surface area (Å²) in [6, 6.07) is 4.31. The van der Waals surface area contributed by atoms with Crippen LogP contribution in [0.25, 0.3) is 0 Å². The molecule has 122 valence electrons. The highest BCUT2D eigenvalue weighted by Crippen LogP contribution is 2.33. The summed E-state index contributed by atoms with van der Waals surface area (Å²) in [6.07, 6.45) is 4.21. The second kappa shape index (κ2) is 6.78. The number of nitrogens with one attached hydrogen (secondary N) is 2. The van der Waals surface area contributed by atoms with Crippen molar-refractivity contribution in [3.63, 3.8) is 0 Å². The zero-order valence-electron chi connectivity index (χ0n) is 12.7. The van der Waals surface area contributed by atoms with Gasteiger partial charge in [-0.2, -0.15) is 5.10 Å². The van der Waals surface area contributed by atoms with Crippen LogP contribution in [0.1, 0.15) is 28.4 Å². The fourth-order valence-corrected chi connectivity index (χ4v) is 2.83. The summed E-state index contributed by atoms with van der Waals surface area (Å²) < 4.78 is 24.7. The molecule has 2 atom stereocenters. The second-order valence-corrected chi connectivity index (χ2v) is 5.40. The first-order chi connectivity index (χ1) is 11.2. The first-order valence-corrected chi connectivity index (χ1v) is 7.41. The highest BCUT2D eigenvalue weighted by Gasteiger charge is 2.31. The summed E-state index contributed by atoms with van der Waals surface area (Å²) in [5.74, 6) is -0.750. The molecule has 2 N–H and O–H groups in total. The third kappa shape index (κ3) is 3.19. The first-order valence-electron chi connectivity index (χ1n) is 7.41. The molecule has 1 aliphatic heterocycles. The Bertz CT molecular complexity index is 675. The van der Waals surface area contributed by atoms with Gasteiger partial charge in [0.1, 0.15) is 17.1 Å². The van der Waals surface area contributed by atoms with Crippen LogP contribution in [0.4, 0.5) is 4.39 Å². The van der Waals surface area contributed by atoms with E-state index in [0.717, 1.165) is 12.0 Å². The van der Waals surface area contributed by atoms with E-state index in [1.165, 1.54) is 19.2 Å². The summed E-state index contributed by atoms with van der Waals surface area (Å²) in [4.78, 5) is 12.3. The third-order valence-corrected chi connectivity index (χ3v) is 4.01. The Labute approximate surface area is 133 Å². The van der Waals surface area contributed by atoms with Gasteiger partial charge in [0.15, 0.2) is 0 Å². The summed E-state index contributed by atoms with van der Waals surface area (Å²) >= 11 is 0. The van der Waals surface area contributed by atoms with Crippen LogP contribution in [0.15, 0.2) is 30.6 Å². The molecule has 0 aliphatic carbocycles. The molecule has 1 amide bonds. The van der Waals surface area contributed by atoms with E-state index in [9.17, 15) is 9.18 Å². The molecule has 6 nitrogen and oxygen atoms in total. The van der Waals surface area contributed by atoms with Gasteiger partial charge in [0.2, 0.25) is 0 Å². The van der Waals surface area contributed by atoms with Gasteiger partial charge in [-0.05, 0) is 18.6 Å². The van der Waals surface area contributed by atoms with Crippen LogP contribution in [0.5, 0.6) is 5.75 Å². The van der Waals surface area contributed by atoms with Gasteiger partial charge >= 0.3 is 0 Å². The zero-order valence-corrected chi connectivity index (χ0v) is 12.7. The van der Waals surface area contributed by atoms with E-state index in [0.29, 0.717) is 13.2 Å². The lowest BCUT2D eigenvalue weighted by atomic mass is 9.97. The molecule has 0 spiro atoms. The number of amides is 1. The van der Waals surface area contributed by atoms with Gasteiger partial charge in [0.05, 0.1) is 19.4 Å². The predicted octanol–water partition coefficient (Wildman–Crippen LogP) is 2.06. The van der Waals surface area contributed by atoms with Crippen molar-refractivity contribution in [1.29, 1.82) is 0 Å². The molecule has 2 heterocycles. The highest BCUT2D eigenvalue weighted by atomic mass is 19.1. The highest BCUT2D eigenvalue weighted by molar-refractivity contribution is 5.97. The number of aromatic amines is 1. The second-order valence-electron chi connectivity index (χ2n) is 5.40. The number of hydrogen-bond donors (Lipinski definition) is 2. The number of methoxy groups -OCH3 is 1. The Morgan fingerprint density at radius 3 is 3.17 bits per heavy atom. The lowest BCUT2D eigenvalue weighted by molar-refractivity contribution is 0.0843. The van der Waals surface area contributed by atoms with E-state index >= 15 is 0 Å². The number of nitrogens with zero attached hydrogens (tertiary/aromatic N) is 1. The Kier molecular flexibility index (Phi) is 4.57. The quantitative estimate of drug-likeness (QED) is 0.884. The van der Waals surface area contributed by atoms with Gasteiger partial charge < -0.3 is 14.8 Å². The van der Waals surface area contributed by atoms with Crippen LogP contribution < -0.4 is 10.1 Å². The van der Waals surface area contributed by atoms with Gasteiger partial charge in [0.25, 0.3) is 5.91 Å². The Morgan fingerprint density at radius 2 is 2.43 bits per heavy atom. The number of carbonyl (C=O) groups excluding carboxylic acids is 1. The Balaban J connectivity index is 1.67. The number of H-pyrrole nitrogens is 1. The third-order valence-electron chi connectivity index (χ3n) is 4.01. The molecule has 1 aromatic heterocycles. The molecule has 1 aromatic carbocycles. The maximum absolute atomic E-state index is 13.9. The smallest absolute Gasteiger partial charge is 0.258 e. The van der Waals surface area contributed by atoms with Crippen molar-refractivity contribution in [2.75, 3.05) is 20.3 Å². The normalized spacial score (nSPS) is 20.4. The number of rotatable bonds is 5. The average Bonchev–Trinajstić information content (AvgIpc) is 3.22. The fraction of sp³-hybridized carbons (Fsp3) is 0.375. The largest absolute Gasteiger partial charge is 0.496 e. The monoisotopic (exact) mass is 319 g/mol. The maximum Gasteiger partial charge on any atom is 0.258 e. The Morgan fingerprint density at radius 1 is 1.57 bits per heavy atom. The van der Waals surface area contributed by atoms with Crippen LogP contribution in [0, 0.1) is 11.7 Å². The van der Waals surface area contributed by atoms with Gasteiger partial charge in [-0.1, -0.05) is 6.07 Å². The van der Waals surface area contributed by atoms with Crippen LogP contribution in [-0.4, -0.2) is 36.4 Å². The standard InChI is InChI=1S/C16H18FN3O3/c1-22-13-4-2-3-12(17)14(13)16(21)18-7-10-5-6-23-15(10)11-8-19-20-9-11/h2-4,8-10,15H,5-7H2,1H3,(H,18,21)(H,19,20)/t10-,15+/m1/s1. The Hall–Kier alpha value is -2.41. The van der Waals surface area contributed by atoms with Crippen molar-refractivity contribution in [2.24, 2.45) is 5.92 Å². The number of ether oxygens (including phenoxy) is 2. The van der Waals surface area contributed by atoms with Crippen molar-refractivity contribution in [3.05, 3.63) is 47.5 Å². The van der Waals surface area contributed by atoms with Gasteiger partial charge in [0, 0.05) is 30.8 Å². The summed E-state index contributed by atoms with van der Waals surface area (Å²) in [5, 5.41) is 9.46. The van der Waals surface area contributed by atoms with Crippen LogP contribution in [0.2, 0.25) is 0 Å². The average molecular weight is 319 g/mol. The molecule has 3 rings (SSSR count). The van der Waals surface area contributed by atoms with Crippen molar-refractivity contribution in [1.82, 2.24) is 15.5 Å². The zero-order chi connectivity index (χ0) is 16.2. The molecule has 1 aliphatic rings. The van der Waals surface area contributed by atoms with E-state index in [1.807, 2.05) is 0 Å². The van der Waals surface area contributed by atoms with Crippen molar-refractivity contribution in [2.45, 2.75) is 12.5 Å². The van der Waals surface area contributed by atoms with Crippen molar-refractivity contribution >= 4 is 5.91 Å². The van der Waals surface area contributed by atoms with Crippen molar-refractivity contribution < 1.29 is 18.7 Å². The minimum atomic E-state index is -0.601. The molecule has 0 saturated carbocycles. The molecule has 1 fully saturated rings. The summed E-state index contributed by atoms with van der Waals surface area (Å²) in [5.41, 5.74) is 0.874.